The summed E-state index contributed by atoms with van der Waals surface area (Å²) in [7, 11) is 2.16. The number of hydrogen-bond donors (Lipinski definition) is 1. The minimum Gasteiger partial charge on any atom is -0.352 e. The summed E-state index contributed by atoms with van der Waals surface area (Å²) in [5, 5.41) is 3.76. The quantitative estimate of drug-likeness (QED) is 0.809. The molecule has 1 aliphatic carbocycles. The lowest BCUT2D eigenvalue weighted by Crippen LogP contribution is -2.33. The fraction of sp³-hybridized carbons (Fsp3) is 0.765. The molecule has 19 heavy (non-hydrogen) atoms. The van der Waals surface area contributed by atoms with Crippen LogP contribution in [0.2, 0.25) is 0 Å². The molecule has 1 aromatic rings. The summed E-state index contributed by atoms with van der Waals surface area (Å²) in [6.45, 7) is 7.80. The van der Waals surface area contributed by atoms with E-state index in [1.54, 1.807) is 0 Å². The van der Waals surface area contributed by atoms with Crippen LogP contribution in [0.15, 0.2) is 6.07 Å². The van der Waals surface area contributed by atoms with Gasteiger partial charge in [0, 0.05) is 31.0 Å². The Kier molecular flexibility index (Phi) is 5.09. The van der Waals surface area contributed by atoms with E-state index in [9.17, 15) is 0 Å². The minimum atomic E-state index is 0.651. The van der Waals surface area contributed by atoms with Crippen molar-refractivity contribution in [3.63, 3.8) is 0 Å². The molecule has 108 valence electrons. The van der Waals surface area contributed by atoms with Crippen LogP contribution in [-0.4, -0.2) is 10.6 Å². The molecule has 2 nitrogen and oxygen atoms in total. The molecule has 0 amide bonds. The maximum Gasteiger partial charge on any atom is 0.0225 e. The summed E-state index contributed by atoms with van der Waals surface area (Å²) in [6.07, 6.45) is 8.59. The third kappa shape index (κ3) is 3.62. The van der Waals surface area contributed by atoms with E-state index in [1.165, 1.54) is 55.5 Å². The average Bonchev–Trinajstić information content (AvgIpc) is 2.65. The first kappa shape index (κ1) is 14.6. The zero-order valence-corrected chi connectivity index (χ0v) is 13.1. The van der Waals surface area contributed by atoms with Crippen molar-refractivity contribution >= 4 is 0 Å². The molecule has 1 atom stereocenters. The van der Waals surface area contributed by atoms with Gasteiger partial charge in [0.2, 0.25) is 0 Å². The Morgan fingerprint density at radius 3 is 2.37 bits per heavy atom. The van der Waals surface area contributed by atoms with Crippen LogP contribution in [0.4, 0.5) is 0 Å². The molecule has 0 bridgehead atoms. The lowest BCUT2D eigenvalue weighted by molar-refractivity contribution is 0.336. The smallest absolute Gasteiger partial charge is 0.0225 e. The van der Waals surface area contributed by atoms with E-state index < -0.39 is 0 Å². The third-order valence-corrected chi connectivity index (χ3v) is 5.10. The summed E-state index contributed by atoms with van der Waals surface area (Å²) < 4.78 is 2.29. The molecule has 2 rings (SSSR count). The second-order valence-corrected chi connectivity index (χ2v) is 6.38. The maximum atomic E-state index is 3.76. The maximum absolute atomic E-state index is 3.76. The molecule has 0 aliphatic heterocycles. The standard InChI is InChI=1S/C17H30N2/c1-13-11-17(15(3)19(13)4)12-18-14(2)16-9-7-5-6-8-10-16/h11,14,16,18H,5-10,12H2,1-4H3/t14-/m1/s1. The van der Waals surface area contributed by atoms with Gasteiger partial charge in [0.25, 0.3) is 0 Å². The summed E-state index contributed by atoms with van der Waals surface area (Å²) >= 11 is 0. The zero-order valence-electron chi connectivity index (χ0n) is 13.1. The van der Waals surface area contributed by atoms with Crippen molar-refractivity contribution in [2.45, 2.75) is 71.9 Å². The van der Waals surface area contributed by atoms with Gasteiger partial charge in [-0.3, -0.25) is 0 Å². The van der Waals surface area contributed by atoms with E-state index >= 15 is 0 Å². The predicted octanol–water partition coefficient (Wildman–Crippen LogP) is 4.09. The third-order valence-electron chi connectivity index (χ3n) is 5.10. The molecule has 0 saturated heterocycles. The van der Waals surface area contributed by atoms with Gasteiger partial charge in [0.1, 0.15) is 0 Å². The van der Waals surface area contributed by atoms with Crippen molar-refractivity contribution in [3.8, 4) is 0 Å². The van der Waals surface area contributed by atoms with Crippen LogP contribution in [0.5, 0.6) is 0 Å². The summed E-state index contributed by atoms with van der Waals surface area (Å²) in [5.74, 6) is 0.882. The lowest BCUT2D eigenvalue weighted by atomic mass is 9.93. The number of aryl methyl sites for hydroxylation is 1. The highest BCUT2D eigenvalue weighted by Crippen LogP contribution is 2.25. The lowest BCUT2D eigenvalue weighted by Gasteiger charge is -2.23. The van der Waals surface area contributed by atoms with Crippen molar-refractivity contribution in [1.29, 1.82) is 0 Å². The molecule has 1 heterocycles. The fourth-order valence-electron chi connectivity index (χ4n) is 3.36. The highest BCUT2D eigenvalue weighted by atomic mass is 15.0. The van der Waals surface area contributed by atoms with Crippen LogP contribution in [0.1, 0.15) is 62.4 Å². The fourth-order valence-corrected chi connectivity index (χ4v) is 3.36. The van der Waals surface area contributed by atoms with Gasteiger partial charge in [-0.1, -0.05) is 25.7 Å². The van der Waals surface area contributed by atoms with Gasteiger partial charge in [-0.2, -0.15) is 0 Å². The van der Waals surface area contributed by atoms with E-state index in [0.717, 1.165) is 12.5 Å². The van der Waals surface area contributed by atoms with Crippen molar-refractivity contribution in [2.24, 2.45) is 13.0 Å². The molecule has 0 aromatic carbocycles. The Hall–Kier alpha value is -0.760. The monoisotopic (exact) mass is 262 g/mol. The van der Waals surface area contributed by atoms with E-state index in [4.69, 9.17) is 0 Å². The molecule has 1 fully saturated rings. The molecule has 2 heteroatoms. The zero-order chi connectivity index (χ0) is 13.8. The Labute approximate surface area is 118 Å². The van der Waals surface area contributed by atoms with Crippen LogP contribution in [0.3, 0.4) is 0 Å². The Morgan fingerprint density at radius 1 is 1.21 bits per heavy atom. The van der Waals surface area contributed by atoms with Gasteiger partial charge < -0.3 is 9.88 Å². The number of nitrogens with one attached hydrogen (secondary N) is 1. The van der Waals surface area contributed by atoms with Gasteiger partial charge >= 0.3 is 0 Å². The van der Waals surface area contributed by atoms with E-state index in [1.807, 2.05) is 0 Å². The first-order valence-electron chi connectivity index (χ1n) is 7.94. The van der Waals surface area contributed by atoms with Crippen LogP contribution < -0.4 is 5.32 Å². The number of aromatic nitrogens is 1. The molecule has 0 spiro atoms. The number of hydrogen-bond acceptors (Lipinski definition) is 1. The normalized spacial score (nSPS) is 19.4. The van der Waals surface area contributed by atoms with Crippen molar-refractivity contribution < 1.29 is 0 Å². The molecule has 1 aliphatic rings. The molecular formula is C17H30N2. The number of nitrogens with zero attached hydrogens (tertiary/aromatic N) is 1. The summed E-state index contributed by atoms with van der Waals surface area (Å²) in [4.78, 5) is 0. The molecule has 0 radical (unpaired) electrons. The van der Waals surface area contributed by atoms with Crippen LogP contribution in [-0.2, 0) is 13.6 Å². The Morgan fingerprint density at radius 2 is 1.84 bits per heavy atom. The van der Waals surface area contributed by atoms with E-state index in [2.05, 4.69) is 43.8 Å². The van der Waals surface area contributed by atoms with Gasteiger partial charge in [0.15, 0.2) is 0 Å². The van der Waals surface area contributed by atoms with Crippen LogP contribution in [0, 0.1) is 19.8 Å². The predicted molar refractivity (Wildman–Crippen MR) is 82.4 cm³/mol. The molecule has 1 aromatic heterocycles. The van der Waals surface area contributed by atoms with Crippen molar-refractivity contribution in [2.75, 3.05) is 0 Å². The Bertz CT molecular complexity index is 398. The Balaban J connectivity index is 1.88. The van der Waals surface area contributed by atoms with Gasteiger partial charge in [0.05, 0.1) is 0 Å². The minimum absolute atomic E-state index is 0.651. The second-order valence-electron chi connectivity index (χ2n) is 6.38. The number of rotatable bonds is 4. The second kappa shape index (κ2) is 6.60. The van der Waals surface area contributed by atoms with Crippen molar-refractivity contribution in [3.05, 3.63) is 23.0 Å². The molecular weight excluding hydrogens is 232 g/mol. The van der Waals surface area contributed by atoms with Crippen LogP contribution >= 0.6 is 0 Å². The topological polar surface area (TPSA) is 17.0 Å². The molecule has 1 N–H and O–H groups in total. The van der Waals surface area contributed by atoms with Crippen molar-refractivity contribution in [1.82, 2.24) is 9.88 Å². The van der Waals surface area contributed by atoms with Gasteiger partial charge in [-0.05, 0) is 51.2 Å². The largest absolute Gasteiger partial charge is 0.352 e. The first-order valence-corrected chi connectivity index (χ1v) is 7.94. The summed E-state index contributed by atoms with van der Waals surface area (Å²) in [5.41, 5.74) is 4.22. The highest BCUT2D eigenvalue weighted by Gasteiger charge is 2.19. The summed E-state index contributed by atoms with van der Waals surface area (Å²) in [6, 6.07) is 2.97. The highest BCUT2D eigenvalue weighted by molar-refractivity contribution is 5.26. The SMILES string of the molecule is Cc1cc(CN[C@H](C)C2CCCCCC2)c(C)n1C. The first-order chi connectivity index (χ1) is 9.09. The van der Waals surface area contributed by atoms with Gasteiger partial charge in [-0.15, -0.1) is 0 Å². The average molecular weight is 262 g/mol. The molecule has 0 unspecified atom stereocenters. The van der Waals surface area contributed by atoms with Crippen LogP contribution in [0.25, 0.3) is 0 Å². The van der Waals surface area contributed by atoms with E-state index in [-0.39, 0.29) is 0 Å². The molecule has 1 saturated carbocycles. The van der Waals surface area contributed by atoms with Gasteiger partial charge in [-0.25, -0.2) is 0 Å². The van der Waals surface area contributed by atoms with E-state index in [0.29, 0.717) is 6.04 Å².